The van der Waals surface area contributed by atoms with E-state index in [1.54, 1.807) is 18.2 Å². The summed E-state index contributed by atoms with van der Waals surface area (Å²) >= 11 is 5.89. The molecule has 0 saturated heterocycles. The largest absolute Gasteiger partial charge is 0.459 e. The molecular weight excluding hydrogens is 304 g/mol. The lowest BCUT2D eigenvalue weighted by molar-refractivity contribution is -0.130. The molecule has 1 aromatic carbocycles. The van der Waals surface area contributed by atoms with Gasteiger partial charge in [-0.2, -0.15) is 0 Å². The number of benzene rings is 1. The lowest BCUT2D eigenvalue weighted by Crippen LogP contribution is -2.54. The van der Waals surface area contributed by atoms with E-state index in [-0.39, 0.29) is 11.7 Å². The molecule has 1 aliphatic carbocycles. The van der Waals surface area contributed by atoms with Crippen molar-refractivity contribution in [3.8, 4) is 0 Å². The Morgan fingerprint density at radius 1 is 1.09 bits per heavy atom. The molecule has 2 aromatic rings. The SMILES string of the molecule is O=C(NNC(=O)C1(c2ccc(Cl)cc2)CCC1)c1ccco1. The van der Waals surface area contributed by atoms with Gasteiger partial charge in [0, 0.05) is 5.02 Å². The summed E-state index contributed by atoms with van der Waals surface area (Å²) in [4.78, 5) is 24.3. The number of hydrazine groups is 1. The van der Waals surface area contributed by atoms with Crippen LogP contribution in [0.2, 0.25) is 5.02 Å². The third kappa shape index (κ3) is 2.60. The Morgan fingerprint density at radius 3 is 2.36 bits per heavy atom. The van der Waals surface area contributed by atoms with E-state index in [0.717, 1.165) is 24.8 Å². The van der Waals surface area contributed by atoms with Crippen molar-refractivity contribution in [2.45, 2.75) is 24.7 Å². The second kappa shape index (κ2) is 5.85. The zero-order chi connectivity index (χ0) is 15.6. The molecule has 1 saturated carbocycles. The summed E-state index contributed by atoms with van der Waals surface area (Å²) in [5, 5.41) is 0.629. The number of hydrogen-bond acceptors (Lipinski definition) is 3. The highest BCUT2D eigenvalue weighted by Crippen LogP contribution is 2.44. The number of amides is 2. The van der Waals surface area contributed by atoms with Gasteiger partial charge in [-0.05, 0) is 42.7 Å². The summed E-state index contributed by atoms with van der Waals surface area (Å²) < 4.78 is 4.97. The Balaban J connectivity index is 1.69. The zero-order valence-corrected chi connectivity index (χ0v) is 12.5. The van der Waals surface area contributed by atoms with Crippen LogP contribution in [0, 0.1) is 0 Å². The summed E-state index contributed by atoms with van der Waals surface area (Å²) in [5.41, 5.74) is 5.19. The van der Waals surface area contributed by atoms with E-state index < -0.39 is 11.3 Å². The normalized spacial score (nSPS) is 15.7. The average Bonchev–Trinajstić information content (AvgIpc) is 3.00. The van der Waals surface area contributed by atoms with Gasteiger partial charge < -0.3 is 4.42 Å². The van der Waals surface area contributed by atoms with Crippen LogP contribution in [0.4, 0.5) is 0 Å². The van der Waals surface area contributed by atoms with Crippen LogP contribution in [0.5, 0.6) is 0 Å². The van der Waals surface area contributed by atoms with Gasteiger partial charge in [0.1, 0.15) is 0 Å². The van der Waals surface area contributed by atoms with Gasteiger partial charge >= 0.3 is 5.91 Å². The van der Waals surface area contributed by atoms with Crippen molar-refractivity contribution in [2.24, 2.45) is 0 Å². The van der Waals surface area contributed by atoms with Crippen molar-refractivity contribution < 1.29 is 14.0 Å². The van der Waals surface area contributed by atoms with Crippen LogP contribution >= 0.6 is 11.6 Å². The number of rotatable bonds is 3. The Labute approximate surface area is 132 Å². The summed E-state index contributed by atoms with van der Waals surface area (Å²) in [6.45, 7) is 0. The van der Waals surface area contributed by atoms with Gasteiger partial charge in [-0.3, -0.25) is 20.4 Å². The van der Waals surface area contributed by atoms with Crippen LogP contribution in [-0.2, 0) is 10.2 Å². The number of carbonyl (C=O) groups is 2. The topological polar surface area (TPSA) is 71.3 Å². The molecule has 0 bridgehead atoms. The molecule has 22 heavy (non-hydrogen) atoms. The summed E-state index contributed by atoms with van der Waals surface area (Å²) in [6.07, 6.45) is 3.87. The first-order valence-corrected chi connectivity index (χ1v) is 7.40. The number of furan rings is 1. The third-order valence-corrected chi connectivity index (χ3v) is 4.33. The molecule has 0 radical (unpaired) electrons. The van der Waals surface area contributed by atoms with Crippen molar-refractivity contribution in [2.75, 3.05) is 0 Å². The van der Waals surface area contributed by atoms with Crippen molar-refractivity contribution in [3.63, 3.8) is 0 Å². The highest BCUT2D eigenvalue weighted by molar-refractivity contribution is 6.30. The van der Waals surface area contributed by atoms with Gasteiger partial charge in [-0.15, -0.1) is 0 Å². The highest BCUT2D eigenvalue weighted by atomic mass is 35.5. The maximum atomic E-state index is 12.5. The molecule has 1 aliphatic rings. The maximum absolute atomic E-state index is 12.5. The number of hydrogen-bond donors (Lipinski definition) is 2. The Kier molecular flexibility index (Phi) is 3.90. The van der Waals surface area contributed by atoms with Crippen LogP contribution in [0.15, 0.2) is 47.1 Å². The number of nitrogens with one attached hydrogen (secondary N) is 2. The molecule has 6 heteroatoms. The smallest absolute Gasteiger partial charge is 0.305 e. The average molecular weight is 319 g/mol. The molecule has 0 aliphatic heterocycles. The molecule has 0 atom stereocenters. The zero-order valence-electron chi connectivity index (χ0n) is 11.8. The van der Waals surface area contributed by atoms with E-state index in [0.29, 0.717) is 5.02 Å². The van der Waals surface area contributed by atoms with E-state index in [2.05, 4.69) is 10.9 Å². The van der Waals surface area contributed by atoms with Gasteiger partial charge in [0.15, 0.2) is 5.76 Å². The molecule has 3 rings (SSSR count). The van der Waals surface area contributed by atoms with Gasteiger partial charge in [-0.25, -0.2) is 0 Å². The van der Waals surface area contributed by atoms with Gasteiger partial charge in [0.05, 0.1) is 11.7 Å². The molecule has 1 fully saturated rings. The van der Waals surface area contributed by atoms with E-state index in [9.17, 15) is 9.59 Å². The summed E-state index contributed by atoms with van der Waals surface area (Å²) in [6, 6.07) is 10.4. The van der Waals surface area contributed by atoms with Gasteiger partial charge in [-0.1, -0.05) is 30.2 Å². The molecular formula is C16H15ClN2O3. The maximum Gasteiger partial charge on any atom is 0.305 e. The monoisotopic (exact) mass is 318 g/mol. The molecule has 1 aromatic heterocycles. The molecule has 114 valence electrons. The fourth-order valence-electron chi connectivity index (χ4n) is 2.65. The van der Waals surface area contributed by atoms with E-state index in [4.69, 9.17) is 16.0 Å². The quantitative estimate of drug-likeness (QED) is 0.855. The fourth-order valence-corrected chi connectivity index (χ4v) is 2.77. The van der Waals surface area contributed by atoms with Crippen molar-refractivity contribution in [1.82, 2.24) is 10.9 Å². The van der Waals surface area contributed by atoms with Gasteiger partial charge in [0.2, 0.25) is 5.91 Å². The van der Waals surface area contributed by atoms with Crippen LogP contribution in [0.25, 0.3) is 0 Å². The van der Waals surface area contributed by atoms with E-state index >= 15 is 0 Å². The fraction of sp³-hybridized carbons (Fsp3) is 0.250. The predicted molar refractivity (Wildman–Crippen MR) is 81.3 cm³/mol. The molecule has 5 nitrogen and oxygen atoms in total. The number of carbonyl (C=O) groups excluding carboxylic acids is 2. The van der Waals surface area contributed by atoms with Crippen molar-refractivity contribution >= 4 is 23.4 Å². The Bertz CT molecular complexity index is 676. The van der Waals surface area contributed by atoms with Crippen LogP contribution in [0.1, 0.15) is 35.4 Å². The first kappa shape index (κ1) is 14.7. The van der Waals surface area contributed by atoms with E-state index in [1.807, 2.05) is 12.1 Å². The summed E-state index contributed by atoms with van der Waals surface area (Å²) in [5.74, 6) is -0.556. The Hall–Kier alpha value is -2.27. The van der Waals surface area contributed by atoms with Crippen LogP contribution in [0.3, 0.4) is 0 Å². The molecule has 0 unspecified atom stereocenters. The van der Waals surface area contributed by atoms with E-state index in [1.165, 1.54) is 12.3 Å². The van der Waals surface area contributed by atoms with Crippen LogP contribution < -0.4 is 10.9 Å². The molecule has 2 amide bonds. The standard InChI is InChI=1S/C16H15ClN2O3/c17-12-6-4-11(5-7-12)16(8-2-9-16)15(21)19-18-14(20)13-3-1-10-22-13/h1,3-7,10H,2,8-9H2,(H,18,20)(H,19,21). The molecule has 1 heterocycles. The second-order valence-corrected chi connectivity index (χ2v) is 5.76. The number of halogens is 1. The predicted octanol–water partition coefficient (Wildman–Crippen LogP) is 2.82. The highest BCUT2D eigenvalue weighted by Gasteiger charge is 2.45. The van der Waals surface area contributed by atoms with Crippen molar-refractivity contribution in [1.29, 1.82) is 0 Å². The molecule has 0 spiro atoms. The second-order valence-electron chi connectivity index (χ2n) is 5.33. The van der Waals surface area contributed by atoms with Gasteiger partial charge in [0.25, 0.3) is 0 Å². The lowest BCUT2D eigenvalue weighted by atomic mass is 9.64. The first-order valence-electron chi connectivity index (χ1n) is 7.02. The van der Waals surface area contributed by atoms with Crippen molar-refractivity contribution in [3.05, 3.63) is 59.0 Å². The minimum atomic E-state index is -0.596. The minimum absolute atomic E-state index is 0.148. The minimum Gasteiger partial charge on any atom is -0.459 e. The first-order chi connectivity index (χ1) is 10.6. The summed E-state index contributed by atoms with van der Waals surface area (Å²) in [7, 11) is 0. The Morgan fingerprint density at radius 2 is 1.82 bits per heavy atom. The molecule has 2 N–H and O–H groups in total. The van der Waals surface area contributed by atoms with Crippen LogP contribution in [-0.4, -0.2) is 11.8 Å². The third-order valence-electron chi connectivity index (χ3n) is 4.07. The lowest BCUT2D eigenvalue weighted by Gasteiger charge is -2.40.